The molecule has 9 heteroatoms. The Balaban J connectivity index is 1.29. The predicted octanol–water partition coefficient (Wildman–Crippen LogP) is 2.22. The first-order valence-electron chi connectivity index (χ1n) is 10.5. The Hall–Kier alpha value is -2.42. The average molecular weight is 429 g/mol. The first kappa shape index (κ1) is 20.8. The molecule has 2 fully saturated rings. The van der Waals surface area contributed by atoms with Gasteiger partial charge in [-0.25, -0.2) is 0 Å². The lowest BCUT2D eigenvalue weighted by molar-refractivity contribution is -0.136. The molecule has 1 atom stereocenters. The van der Waals surface area contributed by atoms with Crippen LogP contribution in [-0.4, -0.2) is 73.3 Å². The molecule has 2 aromatic rings. The van der Waals surface area contributed by atoms with Crippen LogP contribution in [0.15, 0.2) is 29.7 Å². The highest BCUT2D eigenvalue weighted by Gasteiger charge is 2.51. The normalized spacial score (nSPS) is 21.2. The van der Waals surface area contributed by atoms with E-state index in [0.29, 0.717) is 25.3 Å². The van der Waals surface area contributed by atoms with Crippen LogP contribution in [0.5, 0.6) is 0 Å². The Kier molecular flexibility index (Phi) is 6.08. The fraction of sp³-hybridized carbons (Fsp3) is 0.571. The third-order valence-electron chi connectivity index (χ3n) is 6.12. The van der Waals surface area contributed by atoms with E-state index < -0.39 is 0 Å². The number of hydrogen-bond acceptors (Lipinski definition) is 6. The summed E-state index contributed by atoms with van der Waals surface area (Å²) in [5.41, 5.74) is 0.629. The zero-order valence-corrected chi connectivity index (χ0v) is 18.4. The summed E-state index contributed by atoms with van der Waals surface area (Å²) in [6.45, 7) is 5.01. The molecule has 2 amide bonds. The number of carbonyl (C=O) groups is 2. The van der Waals surface area contributed by atoms with E-state index in [9.17, 15) is 9.59 Å². The van der Waals surface area contributed by atoms with Gasteiger partial charge in [-0.05, 0) is 31.4 Å². The minimum Gasteiger partial charge on any atom is -0.342 e. The van der Waals surface area contributed by atoms with Crippen LogP contribution >= 0.6 is 11.8 Å². The van der Waals surface area contributed by atoms with Crippen LogP contribution in [0.1, 0.15) is 32.6 Å². The van der Waals surface area contributed by atoms with Crippen LogP contribution < -0.4 is 0 Å². The minimum absolute atomic E-state index is 0.123. The van der Waals surface area contributed by atoms with Crippen molar-refractivity contribution >= 4 is 23.6 Å². The molecule has 2 aliphatic heterocycles. The topological polar surface area (TPSA) is 84.2 Å². The molecule has 4 rings (SSSR count). The van der Waals surface area contributed by atoms with Gasteiger partial charge in [-0.1, -0.05) is 18.7 Å². The molecule has 1 spiro atoms. The van der Waals surface area contributed by atoms with Gasteiger partial charge in [0.05, 0.1) is 5.41 Å². The van der Waals surface area contributed by atoms with Crippen LogP contribution in [-0.2, 0) is 16.6 Å². The molecule has 8 nitrogen and oxygen atoms in total. The van der Waals surface area contributed by atoms with E-state index in [1.807, 2.05) is 33.5 Å². The van der Waals surface area contributed by atoms with Crippen LogP contribution in [0.2, 0.25) is 0 Å². The summed E-state index contributed by atoms with van der Waals surface area (Å²) in [5, 5.41) is 9.31. The van der Waals surface area contributed by atoms with Crippen LogP contribution in [0.3, 0.4) is 0 Å². The van der Waals surface area contributed by atoms with Gasteiger partial charge in [0.1, 0.15) is 0 Å². The maximum atomic E-state index is 12.8. The average Bonchev–Trinajstić information content (AvgIpc) is 3.44. The summed E-state index contributed by atoms with van der Waals surface area (Å²) in [6.07, 6.45) is 6.55. The number of nitrogens with zero attached hydrogens (tertiary/aromatic N) is 6. The van der Waals surface area contributed by atoms with Crippen molar-refractivity contribution in [2.75, 3.05) is 31.9 Å². The van der Waals surface area contributed by atoms with Gasteiger partial charge in [0.15, 0.2) is 11.0 Å². The first-order valence-corrected chi connectivity index (χ1v) is 11.5. The second-order valence-corrected chi connectivity index (χ2v) is 9.15. The van der Waals surface area contributed by atoms with Gasteiger partial charge in [-0.15, -0.1) is 10.2 Å². The summed E-state index contributed by atoms with van der Waals surface area (Å²) < 4.78 is 1.94. The zero-order valence-electron chi connectivity index (χ0n) is 17.6. The molecular weight excluding hydrogens is 400 g/mol. The molecule has 4 heterocycles. The molecule has 160 valence electrons. The van der Waals surface area contributed by atoms with Crippen molar-refractivity contribution in [2.24, 2.45) is 12.5 Å². The van der Waals surface area contributed by atoms with Gasteiger partial charge in [0.2, 0.25) is 11.8 Å². The number of hydrogen-bond donors (Lipinski definition) is 0. The molecule has 2 saturated heterocycles. The molecule has 1 unspecified atom stereocenters. The van der Waals surface area contributed by atoms with Gasteiger partial charge in [-0.2, -0.15) is 0 Å². The zero-order chi connectivity index (χ0) is 21.1. The number of thioether (sulfide) groups is 1. The molecule has 0 aliphatic carbocycles. The fourth-order valence-electron chi connectivity index (χ4n) is 4.42. The molecule has 0 aromatic carbocycles. The Bertz CT molecular complexity index is 917. The largest absolute Gasteiger partial charge is 0.342 e. The van der Waals surface area contributed by atoms with E-state index in [4.69, 9.17) is 0 Å². The summed E-state index contributed by atoms with van der Waals surface area (Å²) in [7, 11) is 1.93. The van der Waals surface area contributed by atoms with Crippen LogP contribution in [0.25, 0.3) is 11.4 Å². The number of carbonyl (C=O) groups excluding carboxylic acids is 2. The van der Waals surface area contributed by atoms with Crippen molar-refractivity contribution in [2.45, 2.75) is 37.8 Å². The van der Waals surface area contributed by atoms with Gasteiger partial charge in [-0.3, -0.25) is 14.6 Å². The Morgan fingerprint density at radius 2 is 1.97 bits per heavy atom. The smallest absolute Gasteiger partial charge is 0.230 e. The molecule has 0 saturated carbocycles. The van der Waals surface area contributed by atoms with E-state index in [2.05, 4.69) is 22.1 Å². The lowest BCUT2D eigenvalue weighted by Gasteiger charge is -2.23. The second-order valence-electron chi connectivity index (χ2n) is 8.09. The van der Waals surface area contributed by atoms with Crippen molar-refractivity contribution in [3.05, 3.63) is 24.5 Å². The van der Waals surface area contributed by atoms with Crippen molar-refractivity contribution in [1.29, 1.82) is 0 Å². The SMILES string of the molecule is CCCN1CCC2(CCN(C(=O)CCSc3nnc(-c4ccncc4)n3C)C2)C1=O. The third kappa shape index (κ3) is 3.95. The highest BCUT2D eigenvalue weighted by atomic mass is 32.2. The molecule has 0 N–H and O–H groups in total. The molecule has 2 aliphatic rings. The summed E-state index contributed by atoms with van der Waals surface area (Å²) >= 11 is 1.53. The Morgan fingerprint density at radius 3 is 2.73 bits per heavy atom. The quantitative estimate of drug-likeness (QED) is 0.629. The second kappa shape index (κ2) is 8.75. The first-order chi connectivity index (χ1) is 14.5. The van der Waals surface area contributed by atoms with E-state index in [1.165, 1.54) is 11.8 Å². The predicted molar refractivity (Wildman–Crippen MR) is 115 cm³/mol. The van der Waals surface area contributed by atoms with Gasteiger partial charge in [0, 0.05) is 63.4 Å². The highest BCUT2D eigenvalue weighted by molar-refractivity contribution is 7.99. The number of pyridine rings is 1. The van der Waals surface area contributed by atoms with Gasteiger partial charge in [0.25, 0.3) is 0 Å². The number of amides is 2. The molecule has 0 bridgehead atoms. The number of likely N-dealkylation sites (tertiary alicyclic amines) is 2. The van der Waals surface area contributed by atoms with Crippen molar-refractivity contribution in [3.8, 4) is 11.4 Å². The van der Waals surface area contributed by atoms with E-state index in [1.54, 1.807) is 12.4 Å². The summed E-state index contributed by atoms with van der Waals surface area (Å²) in [4.78, 5) is 33.4. The Morgan fingerprint density at radius 1 is 1.20 bits per heavy atom. The van der Waals surface area contributed by atoms with E-state index in [-0.39, 0.29) is 17.2 Å². The molecule has 0 radical (unpaired) electrons. The lowest BCUT2D eigenvalue weighted by atomic mass is 9.85. The molecule has 30 heavy (non-hydrogen) atoms. The lowest BCUT2D eigenvalue weighted by Crippen LogP contribution is -2.38. The maximum Gasteiger partial charge on any atom is 0.230 e. The minimum atomic E-state index is -0.332. The van der Waals surface area contributed by atoms with Gasteiger partial charge < -0.3 is 14.4 Å². The number of aromatic nitrogens is 4. The standard InChI is InChI=1S/C21H28N6O2S/c1-3-11-26-12-7-21(19(26)29)8-13-27(15-21)17(28)6-14-30-20-24-23-18(25(20)2)16-4-9-22-10-5-16/h4-5,9-10H,3,6-8,11-15H2,1-2H3. The van der Waals surface area contributed by atoms with Gasteiger partial charge >= 0.3 is 0 Å². The third-order valence-corrected chi connectivity index (χ3v) is 7.14. The molecular formula is C21H28N6O2S. The van der Waals surface area contributed by atoms with Crippen molar-refractivity contribution < 1.29 is 9.59 Å². The Labute approximate surface area is 181 Å². The van der Waals surface area contributed by atoms with Crippen molar-refractivity contribution in [1.82, 2.24) is 29.5 Å². The van der Waals surface area contributed by atoms with Crippen LogP contribution in [0, 0.1) is 5.41 Å². The maximum absolute atomic E-state index is 12.8. The number of rotatable bonds is 7. The fourth-order valence-corrected chi connectivity index (χ4v) is 5.26. The highest BCUT2D eigenvalue weighted by Crippen LogP contribution is 2.41. The van der Waals surface area contributed by atoms with E-state index in [0.717, 1.165) is 48.9 Å². The molecule has 2 aromatic heterocycles. The summed E-state index contributed by atoms with van der Waals surface area (Å²) in [6, 6.07) is 3.80. The van der Waals surface area contributed by atoms with E-state index >= 15 is 0 Å². The monoisotopic (exact) mass is 428 g/mol. The van der Waals surface area contributed by atoms with Crippen LogP contribution in [0.4, 0.5) is 0 Å². The van der Waals surface area contributed by atoms with Crippen molar-refractivity contribution in [3.63, 3.8) is 0 Å². The summed E-state index contributed by atoms with van der Waals surface area (Å²) in [5.74, 6) is 1.79.